The van der Waals surface area contributed by atoms with Gasteiger partial charge in [-0.25, -0.2) is 4.98 Å². The molecule has 0 spiro atoms. The van der Waals surface area contributed by atoms with Gasteiger partial charge in [0.05, 0.1) is 7.11 Å². The summed E-state index contributed by atoms with van der Waals surface area (Å²) < 4.78 is 5.14. The average molecular weight is 220 g/mol. The van der Waals surface area contributed by atoms with Gasteiger partial charge in [-0.15, -0.1) is 0 Å². The van der Waals surface area contributed by atoms with Gasteiger partial charge in [0.15, 0.2) is 0 Å². The van der Waals surface area contributed by atoms with Crippen molar-refractivity contribution in [1.82, 2.24) is 9.88 Å². The van der Waals surface area contributed by atoms with Crippen molar-refractivity contribution in [1.29, 1.82) is 0 Å². The Bertz CT molecular complexity index is 365. The van der Waals surface area contributed by atoms with Crippen LogP contribution in [0.3, 0.4) is 0 Å². The summed E-state index contributed by atoms with van der Waals surface area (Å²) in [5.41, 5.74) is 2.46. The van der Waals surface area contributed by atoms with Gasteiger partial charge in [0.1, 0.15) is 0 Å². The van der Waals surface area contributed by atoms with E-state index in [0.717, 1.165) is 12.2 Å². The predicted octanol–water partition coefficient (Wildman–Crippen LogP) is 2.56. The van der Waals surface area contributed by atoms with Gasteiger partial charge in [0, 0.05) is 17.8 Å². The Labute approximate surface area is 97.4 Å². The molecule has 1 aliphatic rings. The SMILES string of the molecule is CCN1CCC[C@@H]1c1ccc(OC)nc1C. The number of aryl methyl sites for hydroxylation is 1. The minimum Gasteiger partial charge on any atom is -0.481 e. The molecule has 0 radical (unpaired) electrons. The molecule has 3 nitrogen and oxygen atoms in total. The van der Waals surface area contributed by atoms with E-state index in [2.05, 4.69) is 29.8 Å². The molecule has 1 aromatic rings. The maximum atomic E-state index is 5.14. The molecule has 0 aromatic carbocycles. The number of pyridine rings is 1. The van der Waals surface area contributed by atoms with E-state index < -0.39 is 0 Å². The molecule has 0 saturated carbocycles. The largest absolute Gasteiger partial charge is 0.481 e. The van der Waals surface area contributed by atoms with Gasteiger partial charge in [-0.2, -0.15) is 0 Å². The van der Waals surface area contributed by atoms with E-state index in [1.807, 2.05) is 6.07 Å². The van der Waals surface area contributed by atoms with Crippen molar-refractivity contribution in [3.8, 4) is 5.88 Å². The molecule has 2 heterocycles. The quantitative estimate of drug-likeness (QED) is 0.782. The number of hydrogen-bond acceptors (Lipinski definition) is 3. The van der Waals surface area contributed by atoms with Crippen molar-refractivity contribution in [2.24, 2.45) is 0 Å². The topological polar surface area (TPSA) is 25.4 Å². The van der Waals surface area contributed by atoms with Crippen LogP contribution in [0.1, 0.15) is 37.1 Å². The minimum atomic E-state index is 0.559. The highest BCUT2D eigenvalue weighted by Crippen LogP contribution is 2.33. The number of ether oxygens (including phenoxy) is 1. The normalized spacial score (nSPS) is 21.3. The number of aromatic nitrogens is 1. The second kappa shape index (κ2) is 4.83. The highest BCUT2D eigenvalue weighted by atomic mass is 16.5. The molecule has 1 aromatic heterocycles. The van der Waals surface area contributed by atoms with Crippen LogP contribution in [0.2, 0.25) is 0 Å². The molecule has 1 aliphatic heterocycles. The molecular weight excluding hydrogens is 200 g/mol. The van der Waals surface area contributed by atoms with Gasteiger partial charge < -0.3 is 4.74 Å². The summed E-state index contributed by atoms with van der Waals surface area (Å²) in [5.74, 6) is 0.710. The number of hydrogen-bond donors (Lipinski definition) is 0. The van der Waals surface area contributed by atoms with Gasteiger partial charge in [0.25, 0.3) is 0 Å². The fourth-order valence-corrected chi connectivity index (χ4v) is 2.57. The number of likely N-dealkylation sites (tertiary alicyclic amines) is 1. The van der Waals surface area contributed by atoms with E-state index in [1.165, 1.54) is 24.9 Å². The molecule has 1 fully saturated rings. The van der Waals surface area contributed by atoms with Crippen LogP contribution in [0, 0.1) is 6.92 Å². The van der Waals surface area contributed by atoms with Crippen LogP contribution in [-0.2, 0) is 0 Å². The third-order valence-corrected chi connectivity index (χ3v) is 3.44. The Hall–Kier alpha value is -1.09. The van der Waals surface area contributed by atoms with Crippen LogP contribution in [0.15, 0.2) is 12.1 Å². The van der Waals surface area contributed by atoms with Crippen LogP contribution in [-0.4, -0.2) is 30.1 Å². The summed E-state index contributed by atoms with van der Waals surface area (Å²) in [7, 11) is 1.66. The van der Waals surface area contributed by atoms with E-state index in [0.29, 0.717) is 11.9 Å². The molecular formula is C13H20N2O. The van der Waals surface area contributed by atoms with Crippen molar-refractivity contribution in [2.45, 2.75) is 32.7 Å². The molecule has 1 saturated heterocycles. The van der Waals surface area contributed by atoms with Crippen LogP contribution >= 0.6 is 0 Å². The molecule has 0 amide bonds. The van der Waals surface area contributed by atoms with E-state index in [9.17, 15) is 0 Å². The Balaban J connectivity index is 2.26. The third-order valence-electron chi connectivity index (χ3n) is 3.44. The lowest BCUT2D eigenvalue weighted by Gasteiger charge is -2.24. The van der Waals surface area contributed by atoms with E-state index in [4.69, 9.17) is 4.74 Å². The number of rotatable bonds is 3. The zero-order valence-electron chi connectivity index (χ0n) is 10.4. The highest BCUT2D eigenvalue weighted by Gasteiger charge is 2.26. The van der Waals surface area contributed by atoms with Gasteiger partial charge in [-0.3, -0.25) is 4.90 Å². The molecule has 88 valence electrons. The van der Waals surface area contributed by atoms with Gasteiger partial charge in [-0.05, 0) is 38.4 Å². The number of nitrogens with zero attached hydrogens (tertiary/aromatic N) is 2. The van der Waals surface area contributed by atoms with E-state index in [-0.39, 0.29) is 0 Å². The maximum Gasteiger partial charge on any atom is 0.213 e. The Morgan fingerprint density at radius 2 is 2.31 bits per heavy atom. The first-order chi connectivity index (χ1) is 7.76. The second-order valence-electron chi connectivity index (χ2n) is 4.31. The van der Waals surface area contributed by atoms with Crippen molar-refractivity contribution < 1.29 is 4.74 Å². The zero-order valence-corrected chi connectivity index (χ0v) is 10.4. The first-order valence-corrected chi connectivity index (χ1v) is 6.01. The predicted molar refractivity (Wildman–Crippen MR) is 64.7 cm³/mol. The molecule has 16 heavy (non-hydrogen) atoms. The van der Waals surface area contributed by atoms with Crippen molar-refractivity contribution in [3.63, 3.8) is 0 Å². The monoisotopic (exact) mass is 220 g/mol. The summed E-state index contributed by atoms with van der Waals surface area (Å²) in [6.45, 7) is 6.64. The smallest absolute Gasteiger partial charge is 0.213 e. The first-order valence-electron chi connectivity index (χ1n) is 6.01. The zero-order chi connectivity index (χ0) is 11.5. The second-order valence-corrected chi connectivity index (χ2v) is 4.31. The van der Waals surface area contributed by atoms with Gasteiger partial charge in [0.2, 0.25) is 5.88 Å². The van der Waals surface area contributed by atoms with Gasteiger partial charge in [-0.1, -0.05) is 13.0 Å². The van der Waals surface area contributed by atoms with Crippen LogP contribution in [0.4, 0.5) is 0 Å². The van der Waals surface area contributed by atoms with Crippen molar-refractivity contribution in [2.75, 3.05) is 20.2 Å². The summed E-state index contributed by atoms with van der Waals surface area (Å²) >= 11 is 0. The molecule has 0 unspecified atom stereocenters. The van der Waals surface area contributed by atoms with Crippen LogP contribution < -0.4 is 4.74 Å². The Morgan fingerprint density at radius 1 is 1.50 bits per heavy atom. The summed E-state index contributed by atoms with van der Waals surface area (Å²) in [5, 5.41) is 0. The Kier molecular flexibility index (Phi) is 3.44. The number of methoxy groups -OCH3 is 1. The molecule has 0 bridgehead atoms. The standard InChI is InChI=1S/C13H20N2O/c1-4-15-9-5-6-12(15)11-7-8-13(16-3)14-10(11)2/h7-8,12H,4-6,9H2,1-3H3/t12-/m1/s1. The molecule has 0 aliphatic carbocycles. The molecule has 3 heteroatoms. The molecule has 1 atom stereocenters. The van der Waals surface area contributed by atoms with E-state index >= 15 is 0 Å². The average Bonchev–Trinajstić information content (AvgIpc) is 2.76. The minimum absolute atomic E-state index is 0.559. The summed E-state index contributed by atoms with van der Waals surface area (Å²) in [4.78, 5) is 6.98. The maximum absolute atomic E-state index is 5.14. The van der Waals surface area contributed by atoms with Crippen LogP contribution in [0.5, 0.6) is 5.88 Å². The van der Waals surface area contributed by atoms with Crippen molar-refractivity contribution >= 4 is 0 Å². The lowest BCUT2D eigenvalue weighted by molar-refractivity contribution is 0.270. The van der Waals surface area contributed by atoms with E-state index in [1.54, 1.807) is 7.11 Å². The first kappa shape index (κ1) is 11.4. The Morgan fingerprint density at radius 3 is 2.94 bits per heavy atom. The third kappa shape index (κ3) is 2.05. The fraction of sp³-hybridized carbons (Fsp3) is 0.615. The van der Waals surface area contributed by atoms with Gasteiger partial charge >= 0.3 is 0 Å². The highest BCUT2D eigenvalue weighted by molar-refractivity contribution is 5.28. The summed E-state index contributed by atoms with van der Waals surface area (Å²) in [6, 6.07) is 4.69. The molecule has 0 N–H and O–H groups in total. The fourth-order valence-electron chi connectivity index (χ4n) is 2.57. The van der Waals surface area contributed by atoms with Crippen molar-refractivity contribution in [3.05, 3.63) is 23.4 Å². The molecule has 2 rings (SSSR count). The van der Waals surface area contributed by atoms with Crippen LogP contribution in [0.25, 0.3) is 0 Å². The lowest BCUT2D eigenvalue weighted by atomic mass is 10.0. The lowest BCUT2D eigenvalue weighted by Crippen LogP contribution is -2.23. The summed E-state index contributed by atoms with van der Waals surface area (Å²) in [6.07, 6.45) is 2.55.